The minimum Gasteiger partial charge on any atom is -0.309 e. The lowest BCUT2D eigenvalue weighted by Crippen LogP contribution is -2.47. The summed E-state index contributed by atoms with van der Waals surface area (Å²) in [6.45, 7) is 4.89. The maximum Gasteiger partial charge on any atom is 0.247 e. The maximum atomic E-state index is 13.7. The van der Waals surface area contributed by atoms with Crippen LogP contribution in [0.1, 0.15) is 32.3 Å². The number of hydrogen-bond donors (Lipinski definition) is 0. The molecule has 0 saturated carbocycles. The maximum absolute atomic E-state index is 13.7. The van der Waals surface area contributed by atoms with E-state index < -0.39 is 16.1 Å². The van der Waals surface area contributed by atoms with E-state index >= 15 is 0 Å². The molecule has 3 aliphatic rings. The van der Waals surface area contributed by atoms with Crippen molar-refractivity contribution in [3.05, 3.63) is 48.0 Å². The Morgan fingerprint density at radius 1 is 1.06 bits per heavy atom. The van der Waals surface area contributed by atoms with Gasteiger partial charge in [-0.3, -0.25) is 14.5 Å². The third-order valence-electron chi connectivity index (χ3n) is 7.39. The number of carbonyl (C=O) groups excluding carboxylic acids is 2. The number of benzene rings is 2. The Labute approximate surface area is 204 Å². The highest BCUT2D eigenvalue weighted by Crippen LogP contribution is 2.36. The van der Waals surface area contributed by atoms with Crippen molar-refractivity contribution in [1.82, 2.24) is 13.9 Å². The number of fused-ring (bicyclic) bond motifs is 4. The standard InChI is InChI=1S/C25H27N5O4S/c1-16-14-18-15-19(9-10-21(18)30(16)17(2)31)35(33,34)29-11-5-8-23(29)24(32)28-13-12-27-22-7-4-3-6-20(22)26-25(27)28/h3-4,6-7,9-10,15-16,23H,5,8,11-14H2,1-2H3. The number of hydrogen-bond acceptors (Lipinski definition) is 5. The molecule has 0 bridgehead atoms. The zero-order valence-electron chi connectivity index (χ0n) is 19.7. The molecule has 3 aromatic rings. The molecule has 0 N–H and O–H groups in total. The SMILES string of the molecule is CC(=O)N1c2ccc(S(=O)(=O)N3CCCC3C(=O)N3CCn4c3nc3ccccc34)cc2CC1C. The lowest BCUT2D eigenvalue weighted by molar-refractivity contribution is -0.121. The van der Waals surface area contributed by atoms with Crippen LogP contribution < -0.4 is 9.80 Å². The van der Waals surface area contributed by atoms with Gasteiger partial charge in [0, 0.05) is 38.3 Å². The van der Waals surface area contributed by atoms with Crippen LogP contribution in [0.3, 0.4) is 0 Å². The number of rotatable bonds is 3. The lowest BCUT2D eigenvalue weighted by atomic mass is 10.1. The average molecular weight is 494 g/mol. The number of carbonyl (C=O) groups is 2. The van der Waals surface area contributed by atoms with Crippen molar-refractivity contribution in [3.8, 4) is 0 Å². The third-order valence-corrected chi connectivity index (χ3v) is 9.29. The quantitative estimate of drug-likeness (QED) is 0.559. The minimum atomic E-state index is -3.89. The van der Waals surface area contributed by atoms with Gasteiger partial charge in [0.1, 0.15) is 6.04 Å². The number of para-hydroxylation sites is 2. The van der Waals surface area contributed by atoms with E-state index in [9.17, 15) is 18.0 Å². The van der Waals surface area contributed by atoms with Crippen molar-refractivity contribution in [2.75, 3.05) is 22.9 Å². The van der Waals surface area contributed by atoms with Gasteiger partial charge < -0.3 is 9.47 Å². The Morgan fingerprint density at radius 3 is 2.66 bits per heavy atom. The van der Waals surface area contributed by atoms with Gasteiger partial charge in [0.15, 0.2) is 0 Å². The summed E-state index contributed by atoms with van der Waals surface area (Å²) in [4.78, 5) is 33.8. The molecule has 0 spiro atoms. The van der Waals surface area contributed by atoms with Crippen LogP contribution >= 0.6 is 0 Å². The van der Waals surface area contributed by atoms with Crippen LogP contribution in [0.5, 0.6) is 0 Å². The Balaban J connectivity index is 1.30. The van der Waals surface area contributed by atoms with E-state index in [0.29, 0.717) is 44.8 Å². The van der Waals surface area contributed by atoms with Gasteiger partial charge in [-0.15, -0.1) is 0 Å². The first-order valence-corrected chi connectivity index (χ1v) is 13.4. The van der Waals surface area contributed by atoms with Crippen molar-refractivity contribution in [1.29, 1.82) is 0 Å². The highest BCUT2D eigenvalue weighted by Gasteiger charge is 2.44. The fourth-order valence-corrected chi connectivity index (χ4v) is 7.54. The molecule has 3 aliphatic heterocycles. The second-order valence-corrected chi connectivity index (χ2v) is 11.4. The molecule has 0 aliphatic carbocycles. The first-order chi connectivity index (χ1) is 16.8. The van der Waals surface area contributed by atoms with Gasteiger partial charge in [0.25, 0.3) is 0 Å². The van der Waals surface area contributed by atoms with E-state index in [4.69, 9.17) is 0 Å². The highest BCUT2D eigenvalue weighted by molar-refractivity contribution is 7.89. The Morgan fingerprint density at radius 2 is 1.86 bits per heavy atom. The number of sulfonamides is 1. The summed E-state index contributed by atoms with van der Waals surface area (Å²) in [5, 5.41) is 0. The van der Waals surface area contributed by atoms with Gasteiger partial charge in [-0.25, -0.2) is 13.4 Å². The van der Waals surface area contributed by atoms with E-state index in [1.165, 1.54) is 11.2 Å². The molecule has 2 aromatic carbocycles. The molecule has 6 rings (SSSR count). The summed E-state index contributed by atoms with van der Waals surface area (Å²) in [6.07, 6.45) is 1.71. The predicted molar refractivity (Wildman–Crippen MR) is 132 cm³/mol. The molecule has 2 amide bonds. The smallest absolute Gasteiger partial charge is 0.247 e. The number of nitrogens with zero attached hydrogens (tertiary/aromatic N) is 5. The lowest BCUT2D eigenvalue weighted by Gasteiger charge is -2.26. The summed E-state index contributed by atoms with van der Waals surface area (Å²) in [5.74, 6) is 0.294. The first kappa shape index (κ1) is 22.2. The van der Waals surface area contributed by atoms with Gasteiger partial charge >= 0.3 is 0 Å². The van der Waals surface area contributed by atoms with E-state index in [2.05, 4.69) is 4.98 Å². The van der Waals surface area contributed by atoms with Crippen LogP contribution in [0.15, 0.2) is 47.4 Å². The molecular formula is C25H27N5O4S. The number of amides is 2. The van der Waals surface area contributed by atoms with E-state index in [1.54, 1.807) is 28.0 Å². The van der Waals surface area contributed by atoms with Crippen LogP contribution in [-0.2, 0) is 32.6 Å². The van der Waals surface area contributed by atoms with Crippen LogP contribution in [0.25, 0.3) is 11.0 Å². The molecular weight excluding hydrogens is 466 g/mol. The van der Waals surface area contributed by atoms with Crippen molar-refractivity contribution < 1.29 is 18.0 Å². The summed E-state index contributed by atoms with van der Waals surface area (Å²) in [5.41, 5.74) is 3.39. The molecule has 1 aromatic heterocycles. The second kappa shape index (κ2) is 7.89. The van der Waals surface area contributed by atoms with Crippen molar-refractivity contribution in [3.63, 3.8) is 0 Å². The van der Waals surface area contributed by atoms with Gasteiger partial charge in [-0.2, -0.15) is 4.31 Å². The molecule has 1 saturated heterocycles. The van der Waals surface area contributed by atoms with E-state index in [0.717, 1.165) is 22.3 Å². The fourth-order valence-electron chi connectivity index (χ4n) is 5.84. The zero-order chi connectivity index (χ0) is 24.5. The fraction of sp³-hybridized carbons (Fsp3) is 0.400. The molecule has 2 atom stereocenters. The number of aromatic nitrogens is 2. The summed E-state index contributed by atoms with van der Waals surface area (Å²) in [7, 11) is -3.89. The van der Waals surface area contributed by atoms with Crippen molar-refractivity contribution >= 4 is 44.5 Å². The summed E-state index contributed by atoms with van der Waals surface area (Å²) >= 11 is 0. The Hall–Kier alpha value is -3.24. The zero-order valence-corrected chi connectivity index (χ0v) is 20.5. The van der Waals surface area contributed by atoms with Crippen molar-refractivity contribution in [2.45, 2.75) is 56.6 Å². The van der Waals surface area contributed by atoms with Gasteiger partial charge in [0.2, 0.25) is 27.8 Å². The molecule has 10 heteroatoms. The Bertz CT molecular complexity index is 1480. The molecule has 9 nitrogen and oxygen atoms in total. The van der Waals surface area contributed by atoms with Crippen LogP contribution in [0, 0.1) is 0 Å². The van der Waals surface area contributed by atoms with Gasteiger partial charge in [-0.05, 0) is 62.1 Å². The number of imidazole rings is 1. The van der Waals surface area contributed by atoms with Gasteiger partial charge in [0.05, 0.1) is 15.9 Å². The first-order valence-electron chi connectivity index (χ1n) is 12.0. The molecule has 182 valence electrons. The van der Waals surface area contributed by atoms with E-state index in [1.807, 2.05) is 35.8 Å². The highest BCUT2D eigenvalue weighted by atomic mass is 32.2. The summed E-state index contributed by atoms with van der Waals surface area (Å²) in [6, 6.07) is 11.9. The molecule has 35 heavy (non-hydrogen) atoms. The molecule has 2 unspecified atom stereocenters. The van der Waals surface area contributed by atoms with Gasteiger partial charge in [-0.1, -0.05) is 12.1 Å². The van der Waals surface area contributed by atoms with Crippen LogP contribution in [0.2, 0.25) is 0 Å². The largest absolute Gasteiger partial charge is 0.309 e. The summed E-state index contributed by atoms with van der Waals surface area (Å²) < 4.78 is 30.8. The monoisotopic (exact) mass is 493 g/mol. The van der Waals surface area contributed by atoms with E-state index in [-0.39, 0.29) is 22.8 Å². The molecule has 1 fully saturated rings. The second-order valence-electron chi connectivity index (χ2n) is 9.55. The normalized spacial score (nSPS) is 22.1. The third kappa shape index (κ3) is 3.30. The van der Waals surface area contributed by atoms with Crippen molar-refractivity contribution in [2.24, 2.45) is 0 Å². The minimum absolute atomic E-state index is 0.0176. The number of anilines is 2. The molecule has 4 heterocycles. The topological polar surface area (TPSA) is 95.8 Å². The average Bonchev–Trinajstić information content (AvgIpc) is 3.59. The van der Waals surface area contributed by atoms with Crippen LogP contribution in [-0.4, -0.2) is 59.3 Å². The predicted octanol–water partition coefficient (Wildman–Crippen LogP) is 2.53. The van der Waals surface area contributed by atoms with Crippen LogP contribution in [0.4, 0.5) is 11.6 Å². The molecule has 0 radical (unpaired) electrons. The Kier molecular flexibility index (Phi) is 5.01.